The van der Waals surface area contributed by atoms with Gasteiger partial charge in [0.15, 0.2) is 0 Å². The molecular formula is C11H12Cl2N2S. The van der Waals surface area contributed by atoms with E-state index in [4.69, 9.17) is 28.5 Å². The van der Waals surface area contributed by atoms with Crippen LogP contribution in [0.4, 0.5) is 0 Å². The Morgan fingerprint density at radius 2 is 2.19 bits per heavy atom. The van der Waals surface area contributed by atoms with E-state index < -0.39 is 5.54 Å². The fraction of sp³-hybridized carbons (Fsp3) is 0.364. The van der Waals surface area contributed by atoms with Crippen molar-refractivity contribution in [1.29, 1.82) is 5.26 Å². The highest BCUT2D eigenvalue weighted by atomic mass is 35.5. The average molecular weight is 275 g/mol. The Morgan fingerprint density at radius 3 is 2.75 bits per heavy atom. The van der Waals surface area contributed by atoms with Gasteiger partial charge in [-0.3, -0.25) is 0 Å². The number of halogens is 2. The molecule has 0 saturated heterocycles. The van der Waals surface area contributed by atoms with Gasteiger partial charge in [0.1, 0.15) is 5.54 Å². The summed E-state index contributed by atoms with van der Waals surface area (Å²) in [6, 6.07) is 7.54. The molecule has 0 saturated carbocycles. The molecule has 0 aromatic heterocycles. The van der Waals surface area contributed by atoms with Crippen molar-refractivity contribution in [1.82, 2.24) is 5.32 Å². The van der Waals surface area contributed by atoms with E-state index in [9.17, 15) is 0 Å². The van der Waals surface area contributed by atoms with Crippen LogP contribution in [0, 0.1) is 11.3 Å². The van der Waals surface area contributed by atoms with Crippen molar-refractivity contribution in [3.8, 4) is 6.07 Å². The SMILES string of the molecule is CNC(C)(C#N)CSc1cc(Cl)ccc1Cl. The summed E-state index contributed by atoms with van der Waals surface area (Å²) in [5, 5.41) is 13.3. The Kier molecular flexibility index (Phi) is 4.94. The highest BCUT2D eigenvalue weighted by Gasteiger charge is 2.21. The molecule has 5 heteroatoms. The molecule has 1 unspecified atom stereocenters. The molecule has 0 aliphatic heterocycles. The summed E-state index contributed by atoms with van der Waals surface area (Å²) in [5.74, 6) is 0.611. The molecule has 1 atom stereocenters. The molecule has 0 aliphatic rings. The van der Waals surface area contributed by atoms with Crippen molar-refractivity contribution in [2.24, 2.45) is 0 Å². The summed E-state index contributed by atoms with van der Waals surface area (Å²) in [4.78, 5) is 0.894. The number of hydrogen-bond donors (Lipinski definition) is 1. The highest BCUT2D eigenvalue weighted by Crippen LogP contribution is 2.31. The second kappa shape index (κ2) is 5.79. The van der Waals surface area contributed by atoms with Crippen molar-refractivity contribution in [2.75, 3.05) is 12.8 Å². The van der Waals surface area contributed by atoms with Gasteiger partial charge in [-0.05, 0) is 32.2 Å². The van der Waals surface area contributed by atoms with E-state index in [-0.39, 0.29) is 0 Å². The average Bonchev–Trinajstić information content (AvgIpc) is 2.30. The van der Waals surface area contributed by atoms with Crippen LogP contribution < -0.4 is 5.32 Å². The van der Waals surface area contributed by atoms with Crippen LogP contribution in [0.5, 0.6) is 0 Å². The predicted molar refractivity (Wildman–Crippen MR) is 70.3 cm³/mol. The summed E-state index contributed by atoms with van der Waals surface area (Å²) in [7, 11) is 1.77. The van der Waals surface area contributed by atoms with Crippen LogP contribution in [0.25, 0.3) is 0 Å². The molecule has 2 nitrogen and oxygen atoms in total. The minimum Gasteiger partial charge on any atom is -0.302 e. The van der Waals surface area contributed by atoms with E-state index in [0.717, 1.165) is 4.90 Å². The van der Waals surface area contributed by atoms with E-state index in [1.807, 2.05) is 13.0 Å². The van der Waals surface area contributed by atoms with Gasteiger partial charge < -0.3 is 5.32 Å². The molecule has 0 aliphatic carbocycles. The van der Waals surface area contributed by atoms with Crippen LogP contribution >= 0.6 is 35.0 Å². The molecular weight excluding hydrogens is 263 g/mol. The van der Waals surface area contributed by atoms with E-state index in [2.05, 4.69) is 11.4 Å². The molecule has 16 heavy (non-hydrogen) atoms. The molecule has 0 bridgehead atoms. The first-order valence-corrected chi connectivity index (χ1v) is 6.43. The first kappa shape index (κ1) is 13.7. The zero-order valence-corrected chi connectivity index (χ0v) is 11.4. The minimum absolute atomic E-state index is 0.559. The number of benzene rings is 1. The standard InChI is InChI=1S/C11H12Cl2N2S/c1-11(6-14,15-2)7-16-10-5-8(12)3-4-9(10)13/h3-5,15H,7H2,1-2H3. The fourth-order valence-corrected chi connectivity index (χ4v) is 2.56. The molecule has 1 N–H and O–H groups in total. The van der Waals surface area contributed by atoms with Crippen molar-refractivity contribution < 1.29 is 0 Å². The van der Waals surface area contributed by atoms with E-state index in [0.29, 0.717) is 15.8 Å². The van der Waals surface area contributed by atoms with Crippen LogP contribution in [0.15, 0.2) is 23.1 Å². The van der Waals surface area contributed by atoms with Crippen molar-refractivity contribution in [3.63, 3.8) is 0 Å². The number of thioether (sulfide) groups is 1. The number of nitrogens with one attached hydrogen (secondary N) is 1. The second-order valence-corrected chi connectivity index (χ2v) is 5.42. The summed E-state index contributed by atoms with van der Waals surface area (Å²) in [5.41, 5.74) is -0.559. The monoisotopic (exact) mass is 274 g/mol. The molecule has 0 heterocycles. The van der Waals surface area contributed by atoms with Gasteiger partial charge in [0, 0.05) is 15.7 Å². The van der Waals surface area contributed by atoms with Crippen molar-refractivity contribution in [3.05, 3.63) is 28.2 Å². The van der Waals surface area contributed by atoms with Crippen LogP contribution in [0.3, 0.4) is 0 Å². The number of nitrogens with zero attached hydrogens (tertiary/aromatic N) is 1. The van der Waals surface area contributed by atoms with Crippen LogP contribution in [0.1, 0.15) is 6.92 Å². The lowest BCUT2D eigenvalue weighted by Crippen LogP contribution is -2.40. The minimum atomic E-state index is -0.559. The van der Waals surface area contributed by atoms with Crippen LogP contribution in [-0.4, -0.2) is 18.3 Å². The van der Waals surface area contributed by atoms with Crippen molar-refractivity contribution in [2.45, 2.75) is 17.4 Å². The van der Waals surface area contributed by atoms with Gasteiger partial charge in [-0.25, -0.2) is 0 Å². The molecule has 0 amide bonds. The summed E-state index contributed by atoms with van der Waals surface area (Å²) in [6.45, 7) is 1.85. The lowest BCUT2D eigenvalue weighted by molar-refractivity contribution is 0.550. The zero-order chi connectivity index (χ0) is 12.2. The first-order chi connectivity index (χ1) is 7.50. The maximum Gasteiger partial charge on any atom is 0.113 e. The molecule has 1 aromatic rings. The molecule has 86 valence electrons. The van der Waals surface area contributed by atoms with Gasteiger partial charge in [0.2, 0.25) is 0 Å². The Bertz CT molecular complexity index is 417. The third kappa shape index (κ3) is 3.57. The lowest BCUT2D eigenvalue weighted by Gasteiger charge is -2.20. The molecule has 1 rings (SSSR count). The van der Waals surface area contributed by atoms with Gasteiger partial charge >= 0.3 is 0 Å². The quantitative estimate of drug-likeness (QED) is 0.853. The smallest absolute Gasteiger partial charge is 0.113 e. The lowest BCUT2D eigenvalue weighted by atomic mass is 10.1. The van der Waals surface area contributed by atoms with E-state index >= 15 is 0 Å². The van der Waals surface area contributed by atoms with E-state index in [1.165, 1.54) is 11.8 Å². The summed E-state index contributed by atoms with van der Waals surface area (Å²) >= 11 is 13.4. The van der Waals surface area contributed by atoms with Crippen molar-refractivity contribution >= 4 is 35.0 Å². The topological polar surface area (TPSA) is 35.8 Å². The Balaban J connectivity index is 2.75. The van der Waals surface area contributed by atoms with Gasteiger partial charge in [-0.15, -0.1) is 11.8 Å². The third-order valence-electron chi connectivity index (χ3n) is 2.21. The summed E-state index contributed by atoms with van der Waals surface area (Å²) < 4.78 is 0. The zero-order valence-electron chi connectivity index (χ0n) is 9.05. The second-order valence-electron chi connectivity index (χ2n) is 3.56. The van der Waals surface area contributed by atoms with Gasteiger partial charge in [-0.2, -0.15) is 5.26 Å². The Labute approximate surface area is 110 Å². The Hall–Kier alpha value is -0.400. The molecule has 0 spiro atoms. The number of hydrogen-bond acceptors (Lipinski definition) is 3. The fourth-order valence-electron chi connectivity index (χ4n) is 0.970. The first-order valence-electron chi connectivity index (χ1n) is 4.69. The third-order valence-corrected chi connectivity index (χ3v) is 4.26. The van der Waals surface area contributed by atoms with Crippen LogP contribution in [0.2, 0.25) is 10.0 Å². The largest absolute Gasteiger partial charge is 0.302 e. The van der Waals surface area contributed by atoms with Crippen LogP contribution in [-0.2, 0) is 0 Å². The number of nitriles is 1. The predicted octanol–water partition coefficient (Wildman–Crippen LogP) is 3.59. The highest BCUT2D eigenvalue weighted by molar-refractivity contribution is 7.99. The maximum atomic E-state index is 9.00. The van der Waals surface area contributed by atoms with Gasteiger partial charge in [-0.1, -0.05) is 23.2 Å². The van der Waals surface area contributed by atoms with Gasteiger partial charge in [0.25, 0.3) is 0 Å². The Morgan fingerprint density at radius 1 is 1.50 bits per heavy atom. The normalized spacial score (nSPS) is 14.2. The summed E-state index contributed by atoms with van der Waals surface area (Å²) in [6.07, 6.45) is 0. The molecule has 0 radical (unpaired) electrons. The molecule has 1 aromatic carbocycles. The molecule has 0 fully saturated rings. The van der Waals surface area contributed by atoms with Gasteiger partial charge in [0.05, 0.1) is 11.1 Å². The maximum absolute atomic E-state index is 9.00. The van der Waals surface area contributed by atoms with E-state index in [1.54, 1.807) is 19.2 Å². The number of rotatable bonds is 4.